The zero-order valence-electron chi connectivity index (χ0n) is 13.1. The number of rotatable bonds is 5. The molecular weight excluding hydrogens is 260 g/mol. The maximum atomic E-state index is 11.5. The molecule has 1 fully saturated rings. The highest BCUT2D eigenvalue weighted by molar-refractivity contribution is 5.99. The first-order chi connectivity index (χ1) is 10.2. The Kier molecular flexibility index (Phi) is 4.29. The number of hydrogen-bond acceptors (Lipinski definition) is 2. The van der Waals surface area contributed by atoms with Gasteiger partial charge in [0, 0.05) is 11.7 Å². The van der Waals surface area contributed by atoms with Gasteiger partial charge in [-0.3, -0.25) is 4.79 Å². The van der Waals surface area contributed by atoms with Gasteiger partial charge in [-0.2, -0.15) is 0 Å². The molecule has 3 heteroatoms. The number of carbonyl (C=O) groups is 1. The van der Waals surface area contributed by atoms with Gasteiger partial charge in [0.25, 0.3) is 0 Å². The topological polar surface area (TPSA) is 41.1 Å². The largest absolute Gasteiger partial charge is 0.326 e. The molecule has 21 heavy (non-hydrogen) atoms. The predicted molar refractivity (Wildman–Crippen MR) is 86.3 cm³/mol. The third kappa shape index (κ3) is 2.98. The van der Waals surface area contributed by atoms with Crippen LogP contribution in [0.5, 0.6) is 0 Å². The van der Waals surface area contributed by atoms with Gasteiger partial charge >= 0.3 is 0 Å². The molecule has 1 aromatic carbocycles. The third-order valence-corrected chi connectivity index (χ3v) is 5.08. The molecule has 1 heterocycles. The molecule has 3 unspecified atom stereocenters. The summed E-state index contributed by atoms with van der Waals surface area (Å²) in [5.74, 6) is 1.63. The van der Waals surface area contributed by atoms with Gasteiger partial charge in [-0.05, 0) is 48.4 Å². The van der Waals surface area contributed by atoms with Gasteiger partial charge in [-0.1, -0.05) is 38.8 Å². The van der Waals surface area contributed by atoms with Gasteiger partial charge < -0.3 is 10.6 Å². The van der Waals surface area contributed by atoms with E-state index >= 15 is 0 Å². The normalized spacial score (nSPS) is 25.7. The zero-order valence-corrected chi connectivity index (χ0v) is 13.1. The fourth-order valence-corrected chi connectivity index (χ4v) is 3.93. The van der Waals surface area contributed by atoms with Crippen LogP contribution in [0.2, 0.25) is 0 Å². The monoisotopic (exact) mass is 286 g/mol. The minimum absolute atomic E-state index is 0.120. The lowest BCUT2D eigenvalue weighted by atomic mass is 9.85. The highest BCUT2D eigenvalue weighted by Crippen LogP contribution is 2.41. The van der Waals surface area contributed by atoms with E-state index < -0.39 is 0 Å². The van der Waals surface area contributed by atoms with E-state index in [0.29, 0.717) is 12.5 Å². The second kappa shape index (κ2) is 6.18. The number of carbonyl (C=O) groups excluding carboxylic acids is 1. The van der Waals surface area contributed by atoms with E-state index in [0.717, 1.165) is 36.1 Å². The Morgan fingerprint density at radius 2 is 2.24 bits per heavy atom. The summed E-state index contributed by atoms with van der Waals surface area (Å²) in [5, 5.41) is 6.68. The molecule has 1 saturated carbocycles. The van der Waals surface area contributed by atoms with Gasteiger partial charge in [0.15, 0.2) is 0 Å². The number of benzene rings is 1. The van der Waals surface area contributed by atoms with Crippen LogP contribution < -0.4 is 10.6 Å². The third-order valence-electron chi connectivity index (χ3n) is 5.08. The predicted octanol–water partition coefficient (Wildman–Crippen LogP) is 3.66. The lowest BCUT2D eigenvalue weighted by molar-refractivity contribution is -0.115. The van der Waals surface area contributed by atoms with E-state index in [1.807, 2.05) is 0 Å². The molecule has 0 bridgehead atoms. The van der Waals surface area contributed by atoms with Gasteiger partial charge in [-0.15, -0.1) is 0 Å². The van der Waals surface area contributed by atoms with Gasteiger partial charge in [0.2, 0.25) is 5.91 Å². The summed E-state index contributed by atoms with van der Waals surface area (Å²) in [6, 6.07) is 6.95. The van der Waals surface area contributed by atoms with E-state index in [1.54, 1.807) is 0 Å². The summed E-state index contributed by atoms with van der Waals surface area (Å²) in [5.41, 5.74) is 3.52. The Morgan fingerprint density at radius 1 is 1.38 bits per heavy atom. The van der Waals surface area contributed by atoms with Crippen LogP contribution in [0.4, 0.5) is 5.69 Å². The van der Waals surface area contributed by atoms with Crippen molar-refractivity contribution in [3.05, 3.63) is 29.3 Å². The van der Waals surface area contributed by atoms with Crippen molar-refractivity contribution in [1.29, 1.82) is 0 Å². The van der Waals surface area contributed by atoms with Crippen LogP contribution in [0.15, 0.2) is 18.2 Å². The minimum atomic E-state index is 0.120. The summed E-state index contributed by atoms with van der Waals surface area (Å²) in [6.07, 6.45) is 5.70. The van der Waals surface area contributed by atoms with Crippen molar-refractivity contribution in [3.63, 3.8) is 0 Å². The van der Waals surface area contributed by atoms with E-state index in [4.69, 9.17) is 0 Å². The highest BCUT2D eigenvalue weighted by Gasteiger charge is 2.32. The number of hydrogen-bond donors (Lipinski definition) is 2. The Bertz CT molecular complexity index is 526. The molecule has 1 aliphatic carbocycles. The Balaban J connectivity index is 1.86. The molecular formula is C18H26N2O. The first kappa shape index (κ1) is 14.6. The fourth-order valence-electron chi connectivity index (χ4n) is 3.93. The van der Waals surface area contributed by atoms with Crippen LogP contribution in [0.3, 0.4) is 0 Å². The van der Waals surface area contributed by atoms with Crippen molar-refractivity contribution < 1.29 is 4.79 Å². The minimum Gasteiger partial charge on any atom is -0.326 e. The molecule has 1 amide bonds. The average Bonchev–Trinajstić information content (AvgIpc) is 3.04. The lowest BCUT2D eigenvalue weighted by Gasteiger charge is -2.29. The maximum Gasteiger partial charge on any atom is 0.228 e. The van der Waals surface area contributed by atoms with Crippen LogP contribution in [0, 0.1) is 11.8 Å². The summed E-state index contributed by atoms with van der Waals surface area (Å²) >= 11 is 0. The number of amides is 1. The first-order valence-electron chi connectivity index (χ1n) is 8.35. The van der Waals surface area contributed by atoms with Crippen LogP contribution >= 0.6 is 0 Å². The van der Waals surface area contributed by atoms with E-state index in [-0.39, 0.29) is 5.91 Å². The molecule has 0 radical (unpaired) electrons. The lowest BCUT2D eigenvalue weighted by Crippen LogP contribution is -2.30. The van der Waals surface area contributed by atoms with Gasteiger partial charge in [0.1, 0.15) is 0 Å². The molecule has 1 aromatic rings. The highest BCUT2D eigenvalue weighted by atomic mass is 16.1. The Labute approximate surface area is 127 Å². The average molecular weight is 286 g/mol. The SMILES string of the molecule is CCCNC(c1ccc2c(c1)CC(=O)N2)C1CCCC1C. The summed E-state index contributed by atoms with van der Waals surface area (Å²) < 4.78 is 0. The maximum absolute atomic E-state index is 11.5. The zero-order chi connectivity index (χ0) is 14.8. The summed E-state index contributed by atoms with van der Waals surface area (Å²) in [4.78, 5) is 11.5. The number of nitrogens with one attached hydrogen (secondary N) is 2. The van der Waals surface area contributed by atoms with Gasteiger partial charge in [0.05, 0.1) is 6.42 Å². The number of anilines is 1. The molecule has 3 rings (SSSR count). The summed E-state index contributed by atoms with van der Waals surface area (Å²) in [7, 11) is 0. The molecule has 3 nitrogen and oxygen atoms in total. The van der Waals surface area contributed by atoms with Gasteiger partial charge in [-0.25, -0.2) is 0 Å². The van der Waals surface area contributed by atoms with Crippen molar-refractivity contribution in [2.45, 2.75) is 52.0 Å². The fraction of sp³-hybridized carbons (Fsp3) is 0.611. The van der Waals surface area contributed by atoms with E-state index in [2.05, 4.69) is 42.7 Å². The second-order valence-electron chi connectivity index (χ2n) is 6.65. The van der Waals surface area contributed by atoms with Crippen LogP contribution in [0.25, 0.3) is 0 Å². The number of fused-ring (bicyclic) bond motifs is 1. The molecule has 114 valence electrons. The standard InChI is InChI=1S/C18H26N2O/c1-3-9-19-18(15-6-4-5-12(15)2)13-7-8-16-14(10-13)11-17(21)20-16/h7-8,10,12,15,18-19H,3-6,9,11H2,1-2H3,(H,20,21). The van der Waals surface area contributed by atoms with Crippen molar-refractivity contribution in [2.75, 3.05) is 11.9 Å². The molecule has 0 aromatic heterocycles. The molecule has 3 atom stereocenters. The second-order valence-corrected chi connectivity index (χ2v) is 6.65. The van der Waals surface area contributed by atoms with Crippen molar-refractivity contribution in [1.82, 2.24) is 5.32 Å². The quantitative estimate of drug-likeness (QED) is 0.867. The Hall–Kier alpha value is -1.35. The molecule has 2 N–H and O–H groups in total. The van der Waals surface area contributed by atoms with Crippen molar-refractivity contribution in [3.8, 4) is 0 Å². The molecule has 0 saturated heterocycles. The molecule has 0 spiro atoms. The van der Waals surface area contributed by atoms with Crippen LogP contribution in [-0.4, -0.2) is 12.5 Å². The smallest absolute Gasteiger partial charge is 0.228 e. The van der Waals surface area contributed by atoms with Crippen molar-refractivity contribution >= 4 is 11.6 Å². The van der Waals surface area contributed by atoms with E-state index in [1.165, 1.54) is 24.8 Å². The van der Waals surface area contributed by atoms with Crippen LogP contribution in [0.1, 0.15) is 56.7 Å². The summed E-state index contributed by atoms with van der Waals surface area (Å²) in [6.45, 7) is 5.66. The molecule has 1 aliphatic heterocycles. The van der Waals surface area contributed by atoms with E-state index in [9.17, 15) is 4.79 Å². The Morgan fingerprint density at radius 3 is 2.95 bits per heavy atom. The first-order valence-corrected chi connectivity index (χ1v) is 8.35. The molecule has 2 aliphatic rings. The van der Waals surface area contributed by atoms with Crippen LogP contribution in [-0.2, 0) is 11.2 Å². The van der Waals surface area contributed by atoms with Crippen molar-refractivity contribution in [2.24, 2.45) is 11.8 Å².